The summed E-state index contributed by atoms with van der Waals surface area (Å²) in [5.74, 6) is -1.34. The van der Waals surface area contributed by atoms with Crippen LogP contribution < -0.4 is 0 Å². The van der Waals surface area contributed by atoms with E-state index in [0.29, 0.717) is 5.39 Å². The summed E-state index contributed by atoms with van der Waals surface area (Å²) >= 11 is 9.06. The Balaban J connectivity index is 2.79. The lowest BCUT2D eigenvalue weighted by molar-refractivity contribution is 0.586. The molecule has 1 heterocycles. The third-order valence-corrected chi connectivity index (χ3v) is 3.63. The summed E-state index contributed by atoms with van der Waals surface area (Å²) in [6.45, 7) is 2.00. The minimum absolute atomic E-state index is 0.0862. The highest BCUT2D eigenvalue weighted by Crippen LogP contribution is 2.31. The second kappa shape index (κ2) is 4.86. The van der Waals surface area contributed by atoms with Gasteiger partial charge in [0.25, 0.3) is 0 Å². The van der Waals surface area contributed by atoms with E-state index in [1.54, 1.807) is 6.07 Å². The van der Waals surface area contributed by atoms with E-state index in [0.717, 1.165) is 24.5 Å². The van der Waals surface area contributed by atoms with Crippen LogP contribution >= 0.6 is 27.5 Å². The molecule has 0 N–H and O–H groups in total. The molecular weight excluding hydrogens is 311 g/mol. The summed E-state index contributed by atoms with van der Waals surface area (Å²) in [6, 6.07) is 2.49. The lowest BCUT2D eigenvalue weighted by Gasteiger charge is -2.07. The molecule has 0 radical (unpaired) electrons. The van der Waals surface area contributed by atoms with Crippen molar-refractivity contribution in [2.75, 3.05) is 0 Å². The molecule has 0 atom stereocenters. The van der Waals surface area contributed by atoms with Crippen molar-refractivity contribution in [3.8, 4) is 0 Å². The summed E-state index contributed by atoms with van der Waals surface area (Å²) < 4.78 is 27.1. The minimum atomic E-state index is -0.703. The van der Waals surface area contributed by atoms with Crippen LogP contribution in [0.4, 0.5) is 8.78 Å². The number of aromatic nitrogens is 1. The molecule has 1 nitrogen and oxygen atoms in total. The Kier molecular flexibility index (Phi) is 3.64. The second-order valence-electron chi connectivity index (χ2n) is 3.74. The lowest BCUT2D eigenvalue weighted by Crippen LogP contribution is -1.95. The number of hydrogen-bond acceptors (Lipinski definition) is 1. The van der Waals surface area contributed by atoms with E-state index in [4.69, 9.17) is 11.6 Å². The molecule has 2 aromatic rings. The molecule has 1 aromatic carbocycles. The molecular formula is C12H9BrClF2N. The van der Waals surface area contributed by atoms with Gasteiger partial charge in [-0.05, 0) is 34.0 Å². The molecule has 0 aliphatic rings. The van der Waals surface area contributed by atoms with Crippen molar-refractivity contribution >= 4 is 38.4 Å². The maximum Gasteiger partial charge on any atom is 0.152 e. The predicted molar refractivity (Wildman–Crippen MR) is 68.4 cm³/mol. The zero-order valence-electron chi connectivity index (χ0n) is 9.03. The van der Waals surface area contributed by atoms with Gasteiger partial charge >= 0.3 is 0 Å². The third kappa shape index (κ3) is 2.29. The zero-order valence-corrected chi connectivity index (χ0v) is 11.4. The van der Waals surface area contributed by atoms with Crippen LogP contribution in [0.15, 0.2) is 16.6 Å². The fourth-order valence-corrected chi connectivity index (χ4v) is 2.35. The topological polar surface area (TPSA) is 12.9 Å². The van der Waals surface area contributed by atoms with Crippen LogP contribution in [0.3, 0.4) is 0 Å². The van der Waals surface area contributed by atoms with Crippen molar-refractivity contribution in [2.24, 2.45) is 0 Å². The molecule has 0 aliphatic carbocycles. The van der Waals surface area contributed by atoms with Crippen molar-refractivity contribution in [1.29, 1.82) is 0 Å². The molecule has 0 fully saturated rings. The largest absolute Gasteiger partial charge is 0.233 e. The van der Waals surface area contributed by atoms with Crippen molar-refractivity contribution in [3.63, 3.8) is 0 Å². The van der Waals surface area contributed by atoms with E-state index in [1.807, 2.05) is 6.92 Å². The standard InChI is InChI=1S/C12H9BrClF2N/c1-2-3-6-4-7-10(13)8(15)5-9(16)11(7)17-12(6)14/h4-5H,2-3H2,1H3. The van der Waals surface area contributed by atoms with E-state index in [2.05, 4.69) is 20.9 Å². The van der Waals surface area contributed by atoms with Crippen LogP contribution in [0, 0.1) is 11.6 Å². The summed E-state index contributed by atoms with van der Waals surface area (Å²) in [7, 11) is 0. The van der Waals surface area contributed by atoms with E-state index >= 15 is 0 Å². The predicted octanol–water partition coefficient (Wildman–Crippen LogP) is 4.88. The normalized spacial score (nSPS) is 11.1. The smallest absolute Gasteiger partial charge is 0.152 e. The SMILES string of the molecule is CCCc1cc2c(Br)c(F)cc(F)c2nc1Cl. The molecule has 0 spiro atoms. The molecule has 0 amide bonds. The Morgan fingerprint density at radius 2 is 2.00 bits per heavy atom. The highest BCUT2D eigenvalue weighted by atomic mass is 79.9. The molecule has 2 rings (SSSR count). The first-order chi connectivity index (χ1) is 8.04. The Hall–Kier alpha value is -0.740. The first-order valence-electron chi connectivity index (χ1n) is 5.17. The van der Waals surface area contributed by atoms with E-state index in [-0.39, 0.29) is 15.1 Å². The van der Waals surface area contributed by atoms with Gasteiger partial charge in [-0.15, -0.1) is 0 Å². The van der Waals surface area contributed by atoms with Gasteiger partial charge in [0, 0.05) is 11.5 Å². The molecule has 0 saturated carbocycles. The van der Waals surface area contributed by atoms with Gasteiger partial charge in [-0.25, -0.2) is 13.8 Å². The summed E-state index contributed by atoms with van der Waals surface area (Å²) in [5.41, 5.74) is 0.885. The molecule has 1 aromatic heterocycles. The highest BCUT2D eigenvalue weighted by Gasteiger charge is 2.14. The molecule has 0 saturated heterocycles. The molecule has 0 bridgehead atoms. The minimum Gasteiger partial charge on any atom is -0.233 e. The van der Waals surface area contributed by atoms with E-state index in [1.165, 1.54) is 0 Å². The van der Waals surface area contributed by atoms with Crippen molar-refractivity contribution in [2.45, 2.75) is 19.8 Å². The number of nitrogens with zero attached hydrogens (tertiary/aromatic N) is 1. The zero-order chi connectivity index (χ0) is 12.6. The van der Waals surface area contributed by atoms with Crippen LogP contribution in [-0.2, 0) is 6.42 Å². The van der Waals surface area contributed by atoms with Gasteiger partial charge in [0.2, 0.25) is 0 Å². The first-order valence-corrected chi connectivity index (χ1v) is 6.34. The third-order valence-electron chi connectivity index (χ3n) is 2.49. The van der Waals surface area contributed by atoms with E-state index in [9.17, 15) is 8.78 Å². The van der Waals surface area contributed by atoms with Crippen LogP contribution in [-0.4, -0.2) is 4.98 Å². The van der Waals surface area contributed by atoms with Gasteiger partial charge in [0.15, 0.2) is 5.82 Å². The fourth-order valence-electron chi connectivity index (χ4n) is 1.70. The number of hydrogen-bond donors (Lipinski definition) is 0. The summed E-state index contributed by atoms with van der Waals surface area (Å²) in [4.78, 5) is 3.99. The number of rotatable bonds is 2. The average molecular weight is 321 g/mol. The second-order valence-corrected chi connectivity index (χ2v) is 4.89. The number of fused-ring (bicyclic) bond motifs is 1. The average Bonchev–Trinajstić information content (AvgIpc) is 2.28. The van der Waals surface area contributed by atoms with Crippen molar-refractivity contribution in [3.05, 3.63) is 39.0 Å². The lowest BCUT2D eigenvalue weighted by atomic mass is 10.1. The van der Waals surface area contributed by atoms with Gasteiger partial charge in [-0.1, -0.05) is 24.9 Å². The Labute approximate surface area is 111 Å². The van der Waals surface area contributed by atoms with Crippen molar-refractivity contribution in [1.82, 2.24) is 4.98 Å². The molecule has 0 unspecified atom stereocenters. The highest BCUT2D eigenvalue weighted by molar-refractivity contribution is 9.10. The Morgan fingerprint density at radius 3 is 2.65 bits per heavy atom. The Morgan fingerprint density at radius 1 is 1.29 bits per heavy atom. The molecule has 17 heavy (non-hydrogen) atoms. The summed E-state index contributed by atoms with van der Waals surface area (Å²) in [6.07, 6.45) is 1.62. The maximum absolute atomic E-state index is 13.5. The fraction of sp³-hybridized carbons (Fsp3) is 0.250. The van der Waals surface area contributed by atoms with Crippen LogP contribution in [0.25, 0.3) is 10.9 Å². The molecule has 5 heteroatoms. The van der Waals surface area contributed by atoms with Gasteiger partial charge in [0.1, 0.15) is 16.5 Å². The first kappa shape index (κ1) is 12.7. The summed E-state index contributed by atoms with van der Waals surface area (Å²) in [5, 5.41) is 0.687. The van der Waals surface area contributed by atoms with Gasteiger partial charge < -0.3 is 0 Å². The monoisotopic (exact) mass is 319 g/mol. The van der Waals surface area contributed by atoms with Crippen LogP contribution in [0.5, 0.6) is 0 Å². The maximum atomic E-state index is 13.5. The Bertz CT molecular complexity index is 586. The molecule has 90 valence electrons. The number of aryl methyl sites for hydroxylation is 1. The van der Waals surface area contributed by atoms with Gasteiger partial charge in [-0.2, -0.15) is 0 Å². The van der Waals surface area contributed by atoms with Gasteiger partial charge in [-0.3, -0.25) is 0 Å². The van der Waals surface area contributed by atoms with Crippen LogP contribution in [0.1, 0.15) is 18.9 Å². The quantitative estimate of drug-likeness (QED) is 0.567. The molecule has 0 aliphatic heterocycles. The van der Waals surface area contributed by atoms with Gasteiger partial charge in [0.05, 0.1) is 4.47 Å². The van der Waals surface area contributed by atoms with Crippen LogP contribution in [0.2, 0.25) is 5.15 Å². The van der Waals surface area contributed by atoms with E-state index < -0.39 is 11.6 Å². The van der Waals surface area contributed by atoms with Crippen molar-refractivity contribution < 1.29 is 8.78 Å². The number of halogens is 4. The number of pyridine rings is 1. The number of benzene rings is 1.